The smallest absolute Gasteiger partial charge is 0.368 e. The van der Waals surface area contributed by atoms with Crippen molar-refractivity contribution in [3.8, 4) is 0 Å². The Morgan fingerprint density at radius 2 is 2.12 bits per heavy atom. The molecular formula is C16H21F3N3O2. The van der Waals surface area contributed by atoms with E-state index in [1.807, 2.05) is 11.8 Å². The molecule has 8 heteroatoms. The van der Waals surface area contributed by atoms with Crippen molar-refractivity contribution in [3.05, 3.63) is 30.3 Å². The Balaban J connectivity index is 1.95. The second kappa shape index (κ2) is 7.83. The van der Waals surface area contributed by atoms with Crippen LogP contribution < -0.4 is 10.6 Å². The summed E-state index contributed by atoms with van der Waals surface area (Å²) in [5, 5.41) is 0. The predicted octanol–water partition coefficient (Wildman–Crippen LogP) is 2.41. The molecule has 1 aliphatic heterocycles. The van der Waals surface area contributed by atoms with E-state index in [1.165, 1.54) is 6.07 Å². The minimum Gasteiger partial charge on any atom is -0.368 e. The molecule has 0 saturated carbocycles. The van der Waals surface area contributed by atoms with E-state index in [9.17, 15) is 18.0 Å². The van der Waals surface area contributed by atoms with Crippen LogP contribution in [0.1, 0.15) is 25.3 Å². The summed E-state index contributed by atoms with van der Waals surface area (Å²) < 4.78 is 43.2. The average Bonchev–Trinajstić information content (AvgIpc) is 2.55. The van der Waals surface area contributed by atoms with Gasteiger partial charge in [0.05, 0.1) is 12.2 Å². The number of ether oxygens (including phenoxy) is 1. The normalized spacial score (nSPS) is 17.8. The van der Waals surface area contributed by atoms with Crippen LogP contribution in [0.3, 0.4) is 0 Å². The number of nitrogens with zero attached hydrogens (tertiary/aromatic N) is 2. The minimum atomic E-state index is -4.39. The summed E-state index contributed by atoms with van der Waals surface area (Å²) in [6, 6.07) is 2.40. The highest BCUT2D eigenvalue weighted by atomic mass is 19.4. The number of aromatic nitrogens is 1. The van der Waals surface area contributed by atoms with Crippen LogP contribution >= 0.6 is 0 Å². The summed E-state index contributed by atoms with van der Waals surface area (Å²) in [5.74, 6) is 0.0241. The van der Waals surface area contributed by atoms with E-state index in [2.05, 4.69) is 4.98 Å². The fourth-order valence-electron chi connectivity index (χ4n) is 2.82. The summed E-state index contributed by atoms with van der Waals surface area (Å²) in [5.41, 5.74) is 4.64. The summed E-state index contributed by atoms with van der Waals surface area (Å²) in [6.45, 7) is 3.36. The zero-order valence-electron chi connectivity index (χ0n) is 13.4. The van der Waals surface area contributed by atoms with Gasteiger partial charge in [0.15, 0.2) is 0 Å². The largest absolute Gasteiger partial charge is 0.417 e. The molecule has 0 bridgehead atoms. The molecule has 2 heterocycles. The van der Waals surface area contributed by atoms with Crippen LogP contribution in [0.4, 0.5) is 19.0 Å². The van der Waals surface area contributed by atoms with E-state index in [0.717, 1.165) is 12.3 Å². The summed E-state index contributed by atoms with van der Waals surface area (Å²) in [4.78, 5) is 17.3. The Labute approximate surface area is 139 Å². The lowest BCUT2D eigenvalue weighted by Gasteiger charge is -2.35. The first-order chi connectivity index (χ1) is 11.3. The van der Waals surface area contributed by atoms with E-state index < -0.39 is 23.8 Å². The second-order valence-electron chi connectivity index (χ2n) is 5.79. The molecule has 1 radical (unpaired) electrons. The van der Waals surface area contributed by atoms with Gasteiger partial charge in [-0.05, 0) is 37.3 Å². The lowest BCUT2D eigenvalue weighted by Crippen LogP contribution is -2.44. The quantitative estimate of drug-likeness (QED) is 0.860. The fraction of sp³-hybridized carbons (Fsp3) is 0.562. The predicted molar refractivity (Wildman–Crippen MR) is 83.1 cm³/mol. The number of hydrogen-bond acceptors (Lipinski definition) is 4. The van der Waals surface area contributed by atoms with Gasteiger partial charge in [-0.2, -0.15) is 13.2 Å². The first-order valence-electron chi connectivity index (χ1n) is 7.80. The maximum Gasteiger partial charge on any atom is 0.417 e. The Morgan fingerprint density at radius 1 is 1.46 bits per heavy atom. The lowest BCUT2D eigenvalue weighted by atomic mass is 9.90. The number of rotatable bonds is 6. The summed E-state index contributed by atoms with van der Waals surface area (Å²) >= 11 is 0. The molecule has 0 spiro atoms. The number of anilines is 1. The SMILES string of the molecule is C[CH]CO[C@H](C(N)=O)C1CCN(c2ccc(C(F)(F)F)cn2)CC1. The van der Waals surface area contributed by atoms with E-state index in [-0.39, 0.29) is 5.92 Å². The molecule has 133 valence electrons. The van der Waals surface area contributed by atoms with Crippen LogP contribution in [-0.2, 0) is 15.7 Å². The van der Waals surface area contributed by atoms with Gasteiger partial charge in [0.2, 0.25) is 5.91 Å². The number of primary amides is 1. The third-order valence-corrected chi connectivity index (χ3v) is 4.09. The number of piperidine rings is 1. The number of amides is 1. The van der Waals surface area contributed by atoms with Crippen molar-refractivity contribution >= 4 is 11.7 Å². The molecular weight excluding hydrogens is 323 g/mol. The van der Waals surface area contributed by atoms with Gasteiger partial charge in [0.25, 0.3) is 0 Å². The Bertz CT molecular complexity index is 540. The van der Waals surface area contributed by atoms with Crippen molar-refractivity contribution < 1.29 is 22.7 Å². The van der Waals surface area contributed by atoms with Crippen LogP contribution in [0.15, 0.2) is 18.3 Å². The number of hydrogen-bond donors (Lipinski definition) is 1. The fourth-order valence-corrected chi connectivity index (χ4v) is 2.82. The monoisotopic (exact) mass is 344 g/mol. The third-order valence-electron chi connectivity index (χ3n) is 4.09. The van der Waals surface area contributed by atoms with Gasteiger partial charge in [0, 0.05) is 19.3 Å². The van der Waals surface area contributed by atoms with E-state index in [1.54, 1.807) is 6.42 Å². The Morgan fingerprint density at radius 3 is 2.58 bits per heavy atom. The molecule has 5 nitrogen and oxygen atoms in total. The highest BCUT2D eigenvalue weighted by Crippen LogP contribution is 2.30. The van der Waals surface area contributed by atoms with Crippen molar-refractivity contribution in [2.75, 3.05) is 24.6 Å². The molecule has 0 aromatic carbocycles. The number of alkyl halides is 3. The molecule has 0 unspecified atom stereocenters. The zero-order chi connectivity index (χ0) is 17.7. The molecule has 0 aliphatic carbocycles. The number of nitrogens with two attached hydrogens (primary N) is 1. The number of pyridine rings is 1. The molecule has 1 aliphatic rings. The maximum absolute atomic E-state index is 12.6. The molecule has 24 heavy (non-hydrogen) atoms. The van der Waals surface area contributed by atoms with E-state index in [4.69, 9.17) is 10.5 Å². The molecule has 2 rings (SSSR count). The minimum absolute atomic E-state index is 0.00754. The van der Waals surface area contributed by atoms with Gasteiger partial charge < -0.3 is 15.4 Å². The van der Waals surface area contributed by atoms with Gasteiger partial charge in [-0.25, -0.2) is 4.98 Å². The Hall–Kier alpha value is -1.83. The number of carbonyl (C=O) groups excluding carboxylic acids is 1. The van der Waals surface area contributed by atoms with Crippen LogP contribution in [0, 0.1) is 12.3 Å². The maximum atomic E-state index is 12.6. The standard InChI is InChI=1S/C16H21F3N3O2/c1-2-9-24-14(15(20)23)11-5-7-22(8-6-11)13-4-3-12(10-21-13)16(17,18)19/h2-4,10-11,14H,5-9H2,1H3,(H2,20,23)/t14-/m0/s1. The van der Waals surface area contributed by atoms with Crippen molar-refractivity contribution in [1.29, 1.82) is 0 Å². The van der Waals surface area contributed by atoms with Crippen LogP contribution in [0.25, 0.3) is 0 Å². The zero-order valence-corrected chi connectivity index (χ0v) is 13.4. The summed E-state index contributed by atoms with van der Waals surface area (Å²) in [7, 11) is 0. The lowest BCUT2D eigenvalue weighted by molar-refractivity contribution is -0.137. The average molecular weight is 344 g/mol. The highest BCUT2D eigenvalue weighted by Gasteiger charge is 2.33. The molecule has 1 saturated heterocycles. The Kier molecular flexibility index (Phi) is 6.04. The van der Waals surface area contributed by atoms with Crippen molar-refractivity contribution in [2.45, 2.75) is 32.0 Å². The first kappa shape index (κ1) is 18.5. The van der Waals surface area contributed by atoms with Crippen molar-refractivity contribution in [1.82, 2.24) is 4.98 Å². The van der Waals surface area contributed by atoms with Gasteiger partial charge in [-0.1, -0.05) is 6.92 Å². The highest BCUT2D eigenvalue weighted by molar-refractivity contribution is 5.79. The van der Waals surface area contributed by atoms with Crippen LogP contribution in [0.2, 0.25) is 0 Å². The number of carbonyl (C=O) groups is 1. The molecule has 1 fully saturated rings. The summed E-state index contributed by atoms with van der Waals surface area (Å²) in [6.07, 6.45) is -1.05. The van der Waals surface area contributed by atoms with Gasteiger partial charge >= 0.3 is 6.18 Å². The molecule has 2 N–H and O–H groups in total. The topological polar surface area (TPSA) is 68.5 Å². The van der Waals surface area contributed by atoms with Gasteiger partial charge in [-0.15, -0.1) is 0 Å². The molecule has 1 aromatic heterocycles. The van der Waals surface area contributed by atoms with Crippen molar-refractivity contribution in [3.63, 3.8) is 0 Å². The van der Waals surface area contributed by atoms with Crippen LogP contribution in [0.5, 0.6) is 0 Å². The molecule has 1 amide bonds. The first-order valence-corrected chi connectivity index (χ1v) is 7.80. The van der Waals surface area contributed by atoms with E-state index >= 15 is 0 Å². The molecule has 1 aromatic rings. The van der Waals surface area contributed by atoms with Crippen molar-refractivity contribution in [2.24, 2.45) is 11.7 Å². The van der Waals surface area contributed by atoms with Gasteiger partial charge in [-0.3, -0.25) is 4.79 Å². The number of halogens is 3. The molecule has 1 atom stereocenters. The third kappa shape index (κ3) is 4.59. The second-order valence-corrected chi connectivity index (χ2v) is 5.79. The van der Waals surface area contributed by atoms with Crippen LogP contribution in [-0.4, -0.2) is 36.7 Å². The van der Waals surface area contributed by atoms with E-state index in [0.29, 0.717) is 38.4 Å². The van der Waals surface area contributed by atoms with Gasteiger partial charge in [0.1, 0.15) is 11.9 Å².